The van der Waals surface area contributed by atoms with Crippen molar-refractivity contribution >= 4 is 17.6 Å². The fourth-order valence-electron chi connectivity index (χ4n) is 2.40. The number of rotatable bonds is 1. The monoisotopic (exact) mass is 279 g/mol. The van der Waals surface area contributed by atoms with Crippen LogP contribution in [0.1, 0.15) is 58.8 Å². The van der Waals surface area contributed by atoms with Crippen LogP contribution in [0.15, 0.2) is 42.1 Å². The standard InChI is InChI=1S/C17H13NO2.CH4/c1-10(2)7-11-8-14-15(18-9-11)17(20)13-6-4-3-5-12(13)16(14)19;/h3-9H,1-2H3;1H4. The number of nitrogens with zero attached hydrogens (tertiary/aromatic N) is 1. The first-order valence-electron chi connectivity index (χ1n) is 6.41. The third kappa shape index (κ3) is 2.42. The number of hydrogen-bond donors (Lipinski definition) is 0. The Morgan fingerprint density at radius 2 is 1.62 bits per heavy atom. The second kappa shape index (κ2) is 5.44. The number of fused-ring (bicyclic) bond motifs is 2. The molecule has 1 aromatic heterocycles. The summed E-state index contributed by atoms with van der Waals surface area (Å²) < 4.78 is 0. The van der Waals surface area contributed by atoms with Crippen molar-refractivity contribution in [2.24, 2.45) is 0 Å². The fraction of sp³-hybridized carbons (Fsp3) is 0.167. The smallest absolute Gasteiger partial charge is 0.212 e. The summed E-state index contributed by atoms with van der Waals surface area (Å²) in [5, 5.41) is 0. The minimum atomic E-state index is -0.182. The topological polar surface area (TPSA) is 47.0 Å². The summed E-state index contributed by atoms with van der Waals surface area (Å²) in [4.78, 5) is 29.0. The Bertz CT molecular complexity index is 769. The van der Waals surface area contributed by atoms with Gasteiger partial charge in [-0.05, 0) is 25.5 Å². The van der Waals surface area contributed by atoms with Crippen LogP contribution in [0.3, 0.4) is 0 Å². The van der Waals surface area contributed by atoms with Gasteiger partial charge in [0, 0.05) is 17.3 Å². The number of carbonyl (C=O) groups is 2. The summed E-state index contributed by atoms with van der Waals surface area (Å²) in [7, 11) is 0. The van der Waals surface area contributed by atoms with E-state index >= 15 is 0 Å². The molecule has 106 valence electrons. The molecular weight excluding hydrogens is 262 g/mol. The van der Waals surface area contributed by atoms with Crippen molar-refractivity contribution in [3.05, 3.63) is 70.0 Å². The average molecular weight is 279 g/mol. The van der Waals surface area contributed by atoms with Crippen LogP contribution < -0.4 is 0 Å². The molecule has 0 radical (unpaired) electrons. The lowest BCUT2D eigenvalue weighted by atomic mass is 9.86. The van der Waals surface area contributed by atoms with Gasteiger partial charge in [0.25, 0.3) is 0 Å². The SMILES string of the molecule is C.CC(C)=Cc1cnc2c(c1)C(=O)c1ccccc1C2=O. The molecule has 1 aliphatic carbocycles. The number of allylic oxidation sites excluding steroid dienone is 1. The molecule has 0 aliphatic heterocycles. The van der Waals surface area contributed by atoms with Crippen molar-refractivity contribution in [3.63, 3.8) is 0 Å². The first-order valence-corrected chi connectivity index (χ1v) is 6.41. The number of benzene rings is 1. The van der Waals surface area contributed by atoms with Crippen molar-refractivity contribution in [1.82, 2.24) is 4.98 Å². The van der Waals surface area contributed by atoms with Gasteiger partial charge in [-0.2, -0.15) is 0 Å². The molecule has 0 amide bonds. The summed E-state index contributed by atoms with van der Waals surface area (Å²) in [6.45, 7) is 3.95. The molecule has 3 heteroatoms. The molecule has 1 heterocycles. The van der Waals surface area contributed by atoms with Crippen molar-refractivity contribution in [2.45, 2.75) is 21.3 Å². The minimum Gasteiger partial charge on any atom is -0.288 e. The van der Waals surface area contributed by atoms with E-state index in [1.54, 1.807) is 36.5 Å². The molecule has 21 heavy (non-hydrogen) atoms. The van der Waals surface area contributed by atoms with E-state index in [9.17, 15) is 9.59 Å². The van der Waals surface area contributed by atoms with Crippen LogP contribution in [0, 0.1) is 0 Å². The molecule has 3 nitrogen and oxygen atoms in total. The third-order valence-electron chi connectivity index (χ3n) is 3.24. The molecule has 0 spiro atoms. The van der Waals surface area contributed by atoms with Crippen LogP contribution in [0.4, 0.5) is 0 Å². The Morgan fingerprint density at radius 3 is 2.24 bits per heavy atom. The normalized spacial score (nSPS) is 12.1. The number of pyridine rings is 1. The van der Waals surface area contributed by atoms with E-state index in [0.29, 0.717) is 16.7 Å². The Morgan fingerprint density at radius 1 is 1.00 bits per heavy atom. The summed E-state index contributed by atoms with van der Waals surface area (Å²) >= 11 is 0. The number of aromatic nitrogens is 1. The summed E-state index contributed by atoms with van der Waals surface area (Å²) in [6, 6.07) is 8.62. The van der Waals surface area contributed by atoms with Gasteiger partial charge in [0.1, 0.15) is 5.69 Å². The van der Waals surface area contributed by atoms with Crippen LogP contribution in [0.25, 0.3) is 6.08 Å². The van der Waals surface area contributed by atoms with Crippen molar-refractivity contribution in [1.29, 1.82) is 0 Å². The van der Waals surface area contributed by atoms with Gasteiger partial charge in [-0.25, -0.2) is 0 Å². The fourth-order valence-corrected chi connectivity index (χ4v) is 2.40. The zero-order valence-corrected chi connectivity index (χ0v) is 11.3. The highest BCUT2D eigenvalue weighted by molar-refractivity contribution is 6.27. The van der Waals surface area contributed by atoms with E-state index in [1.807, 2.05) is 19.9 Å². The van der Waals surface area contributed by atoms with Gasteiger partial charge in [-0.3, -0.25) is 14.6 Å². The van der Waals surface area contributed by atoms with E-state index < -0.39 is 0 Å². The zero-order chi connectivity index (χ0) is 14.3. The Balaban J connectivity index is 0.00000161. The van der Waals surface area contributed by atoms with Crippen LogP contribution in [0.5, 0.6) is 0 Å². The van der Waals surface area contributed by atoms with Crippen LogP contribution >= 0.6 is 0 Å². The van der Waals surface area contributed by atoms with Crippen LogP contribution in [-0.2, 0) is 0 Å². The summed E-state index contributed by atoms with van der Waals surface area (Å²) in [6.07, 6.45) is 3.57. The largest absolute Gasteiger partial charge is 0.288 e. The number of carbonyl (C=O) groups excluding carboxylic acids is 2. The molecule has 0 N–H and O–H groups in total. The zero-order valence-electron chi connectivity index (χ0n) is 11.3. The van der Waals surface area contributed by atoms with Crippen LogP contribution in [0.2, 0.25) is 0 Å². The number of ketones is 2. The molecule has 3 rings (SSSR count). The van der Waals surface area contributed by atoms with Gasteiger partial charge in [0.05, 0.1) is 5.56 Å². The average Bonchev–Trinajstić information content (AvgIpc) is 2.44. The van der Waals surface area contributed by atoms with Crippen molar-refractivity contribution < 1.29 is 9.59 Å². The Hall–Kier alpha value is -2.55. The highest BCUT2D eigenvalue weighted by atomic mass is 16.1. The van der Waals surface area contributed by atoms with E-state index in [2.05, 4.69) is 4.98 Å². The molecule has 0 saturated heterocycles. The van der Waals surface area contributed by atoms with E-state index in [4.69, 9.17) is 0 Å². The highest BCUT2D eigenvalue weighted by Gasteiger charge is 2.30. The van der Waals surface area contributed by atoms with Gasteiger partial charge in [0.2, 0.25) is 5.78 Å². The summed E-state index contributed by atoms with van der Waals surface area (Å²) in [5.41, 5.74) is 3.49. The van der Waals surface area contributed by atoms with Crippen molar-refractivity contribution in [2.75, 3.05) is 0 Å². The maximum Gasteiger partial charge on any atom is 0.212 e. The highest BCUT2D eigenvalue weighted by Crippen LogP contribution is 2.26. The molecule has 0 saturated carbocycles. The van der Waals surface area contributed by atoms with E-state index in [-0.39, 0.29) is 24.7 Å². The number of hydrogen-bond acceptors (Lipinski definition) is 3. The van der Waals surface area contributed by atoms with Gasteiger partial charge >= 0.3 is 0 Å². The lowest BCUT2D eigenvalue weighted by molar-refractivity contribution is 0.0975. The second-order valence-electron chi connectivity index (χ2n) is 5.09. The van der Waals surface area contributed by atoms with E-state index in [1.165, 1.54) is 0 Å². The Kier molecular flexibility index (Phi) is 3.85. The van der Waals surface area contributed by atoms with Gasteiger partial charge < -0.3 is 0 Å². The van der Waals surface area contributed by atoms with Crippen LogP contribution in [-0.4, -0.2) is 16.6 Å². The molecule has 1 aromatic carbocycles. The first kappa shape index (κ1) is 14.9. The first-order chi connectivity index (χ1) is 9.58. The van der Waals surface area contributed by atoms with Gasteiger partial charge in [0.15, 0.2) is 5.78 Å². The maximum atomic E-state index is 12.5. The molecule has 0 atom stereocenters. The molecule has 0 fully saturated rings. The quantitative estimate of drug-likeness (QED) is 0.678. The van der Waals surface area contributed by atoms with E-state index in [0.717, 1.165) is 11.1 Å². The second-order valence-corrected chi connectivity index (χ2v) is 5.09. The molecule has 1 aliphatic rings. The lowest BCUT2D eigenvalue weighted by Crippen LogP contribution is -2.22. The van der Waals surface area contributed by atoms with Crippen molar-refractivity contribution in [3.8, 4) is 0 Å². The third-order valence-corrected chi connectivity index (χ3v) is 3.24. The van der Waals surface area contributed by atoms with Gasteiger partial charge in [-0.1, -0.05) is 43.3 Å². The maximum absolute atomic E-state index is 12.5. The summed E-state index contributed by atoms with van der Waals surface area (Å²) in [5.74, 6) is -0.314. The molecular formula is C18H17NO2. The predicted octanol–water partition coefficient (Wildman–Crippen LogP) is 3.92. The molecule has 0 bridgehead atoms. The lowest BCUT2D eigenvalue weighted by Gasteiger charge is -2.16. The molecule has 0 unspecified atom stereocenters. The van der Waals surface area contributed by atoms with Gasteiger partial charge in [-0.15, -0.1) is 0 Å². The Labute approximate surface area is 124 Å². The molecule has 2 aromatic rings. The minimum absolute atomic E-state index is 0. The predicted molar refractivity (Wildman–Crippen MR) is 83.6 cm³/mol.